The number of aryl methyl sites for hydroxylation is 4. The number of hydrogen-bond acceptors (Lipinski definition) is 3. The fraction of sp³-hybridized carbons (Fsp3) is 0.320. The molecule has 3 rings (SSSR count). The molecular weight excluding hydrogens is 628 g/mol. The first kappa shape index (κ1) is 28.1. The molecule has 2 aromatic carbocycles. The summed E-state index contributed by atoms with van der Waals surface area (Å²) in [7, 11) is 0. The third-order valence-corrected chi connectivity index (χ3v) is 6.74. The summed E-state index contributed by atoms with van der Waals surface area (Å²) in [4.78, 5) is 28.5. The predicted molar refractivity (Wildman–Crippen MR) is 149 cm³/mol. The lowest BCUT2D eigenvalue weighted by Gasteiger charge is -2.23. The Morgan fingerprint density at radius 1 is 1.06 bits per heavy atom. The van der Waals surface area contributed by atoms with E-state index in [2.05, 4.69) is 58.0 Å². The molecule has 1 aliphatic rings. The molecule has 34 heavy (non-hydrogen) atoms. The number of nitrogens with zero attached hydrogens (tertiary/aromatic N) is 2. The fourth-order valence-corrected chi connectivity index (χ4v) is 5.22. The van der Waals surface area contributed by atoms with Gasteiger partial charge < -0.3 is 11.1 Å². The van der Waals surface area contributed by atoms with Crippen LogP contribution in [-0.4, -0.2) is 16.6 Å². The van der Waals surface area contributed by atoms with Crippen LogP contribution in [0.2, 0.25) is 0 Å². The highest BCUT2D eigenvalue weighted by atomic mass is 79.9. The van der Waals surface area contributed by atoms with Crippen LogP contribution < -0.4 is 16.0 Å². The van der Waals surface area contributed by atoms with Gasteiger partial charge in [0.1, 0.15) is 5.82 Å². The lowest BCUT2D eigenvalue weighted by atomic mass is 10.1. The monoisotopic (exact) mass is 652 g/mol. The first-order valence-electron chi connectivity index (χ1n) is 10.5. The van der Waals surface area contributed by atoms with E-state index in [9.17, 15) is 9.59 Å². The van der Waals surface area contributed by atoms with Crippen molar-refractivity contribution in [2.24, 2.45) is 11.7 Å². The van der Waals surface area contributed by atoms with Gasteiger partial charge in [-0.1, -0.05) is 54.7 Å². The maximum Gasteiger partial charge on any atom is 0.237 e. The normalized spacial score (nSPS) is 16.1. The Labute approximate surface area is 226 Å². The topological polar surface area (TPSA) is 79.8 Å². The van der Waals surface area contributed by atoms with Crippen LogP contribution in [0.4, 0.5) is 11.4 Å². The summed E-state index contributed by atoms with van der Waals surface area (Å²) in [6, 6.07) is 7.84. The molecule has 0 saturated carbocycles. The van der Waals surface area contributed by atoms with E-state index < -0.39 is 5.92 Å². The molecule has 3 N–H and O–H groups in total. The summed E-state index contributed by atoms with van der Waals surface area (Å²) in [5, 5.41) is 2.90. The van der Waals surface area contributed by atoms with Gasteiger partial charge in [0.05, 0.1) is 23.0 Å². The van der Waals surface area contributed by atoms with Crippen molar-refractivity contribution < 1.29 is 9.59 Å². The molecule has 9 heteroatoms. The van der Waals surface area contributed by atoms with Crippen molar-refractivity contribution in [1.82, 2.24) is 0 Å². The first-order chi connectivity index (χ1) is 15.8. The van der Waals surface area contributed by atoms with Crippen molar-refractivity contribution in [3.8, 4) is 0 Å². The Morgan fingerprint density at radius 3 is 1.88 bits per heavy atom. The van der Waals surface area contributed by atoms with Gasteiger partial charge in [0.15, 0.2) is 0 Å². The van der Waals surface area contributed by atoms with E-state index in [1.54, 1.807) is 13.8 Å². The molecule has 0 aromatic heterocycles. The highest BCUT2D eigenvalue weighted by molar-refractivity contribution is 9.10. The maximum atomic E-state index is 12.3. The standard InChI is InChI=1S/C14H14BrN3O.C11H13Br2NO/c1-7-5-10(15)6-8(2)12(7)18-13(16)11(17-4)9(3)14(18)19;1-6-4-9(13)5-7(2)10(6)14-11(15)8(3)12/h5-6,9H,16H2,1-3H3;4-5,8H,1-3H3,(H,14,15). The van der Waals surface area contributed by atoms with Gasteiger partial charge in [-0.25, -0.2) is 4.85 Å². The Kier molecular flexibility index (Phi) is 9.52. The quantitative estimate of drug-likeness (QED) is 0.280. The number of halogens is 3. The van der Waals surface area contributed by atoms with Crippen molar-refractivity contribution in [2.45, 2.75) is 46.4 Å². The number of carbonyl (C=O) groups is 2. The van der Waals surface area contributed by atoms with Crippen LogP contribution in [0.3, 0.4) is 0 Å². The van der Waals surface area contributed by atoms with E-state index in [1.807, 2.05) is 52.0 Å². The van der Waals surface area contributed by atoms with E-state index in [0.29, 0.717) is 5.70 Å². The zero-order valence-electron chi connectivity index (χ0n) is 19.9. The second-order valence-corrected chi connectivity index (χ2v) is 11.4. The van der Waals surface area contributed by atoms with Crippen molar-refractivity contribution in [3.63, 3.8) is 0 Å². The molecular formula is C25H27Br3N4O2. The second-order valence-electron chi connectivity index (χ2n) is 8.19. The number of rotatable bonds is 3. The third-order valence-electron chi connectivity index (χ3n) is 5.41. The van der Waals surface area contributed by atoms with E-state index in [-0.39, 0.29) is 22.5 Å². The molecule has 0 fully saturated rings. The molecule has 2 unspecified atom stereocenters. The molecule has 2 aromatic rings. The van der Waals surface area contributed by atoms with Crippen LogP contribution in [0.1, 0.15) is 36.1 Å². The van der Waals surface area contributed by atoms with Crippen LogP contribution in [0.25, 0.3) is 4.85 Å². The van der Waals surface area contributed by atoms with Crippen LogP contribution in [0.5, 0.6) is 0 Å². The summed E-state index contributed by atoms with van der Waals surface area (Å²) in [5.41, 5.74) is 12.0. The Balaban J connectivity index is 0.000000248. The van der Waals surface area contributed by atoms with Crippen LogP contribution in [0.15, 0.2) is 44.7 Å². The average Bonchev–Trinajstić information content (AvgIpc) is 2.93. The third kappa shape index (κ3) is 6.09. The van der Waals surface area contributed by atoms with Gasteiger partial charge in [-0.15, -0.1) is 0 Å². The minimum Gasteiger partial charge on any atom is -0.394 e. The predicted octanol–water partition coefficient (Wildman–Crippen LogP) is 6.88. The maximum absolute atomic E-state index is 12.3. The number of hydrogen-bond donors (Lipinski definition) is 2. The van der Waals surface area contributed by atoms with Gasteiger partial charge in [-0.05, 0) is 81.1 Å². The summed E-state index contributed by atoms with van der Waals surface area (Å²) >= 11 is 10.1. The second kappa shape index (κ2) is 11.5. The lowest BCUT2D eigenvalue weighted by Crippen LogP contribution is -2.32. The van der Waals surface area contributed by atoms with Crippen molar-refractivity contribution in [1.29, 1.82) is 0 Å². The van der Waals surface area contributed by atoms with E-state index >= 15 is 0 Å². The molecule has 0 bridgehead atoms. The molecule has 6 nitrogen and oxygen atoms in total. The van der Waals surface area contributed by atoms with Crippen molar-refractivity contribution in [2.75, 3.05) is 10.2 Å². The zero-order valence-corrected chi connectivity index (χ0v) is 24.6. The number of carbonyl (C=O) groups excluding carboxylic acids is 2. The molecule has 2 amide bonds. The molecule has 1 aliphatic heterocycles. The van der Waals surface area contributed by atoms with Gasteiger partial charge in [-0.2, -0.15) is 0 Å². The largest absolute Gasteiger partial charge is 0.394 e. The number of nitrogens with one attached hydrogen (secondary N) is 1. The van der Waals surface area contributed by atoms with E-state index in [1.165, 1.54) is 4.90 Å². The molecule has 180 valence electrons. The molecule has 1 heterocycles. The highest BCUT2D eigenvalue weighted by Gasteiger charge is 2.38. The highest BCUT2D eigenvalue weighted by Crippen LogP contribution is 2.37. The van der Waals surface area contributed by atoms with Crippen molar-refractivity contribution >= 4 is 71.0 Å². The Hall–Kier alpha value is -2.15. The molecule has 0 saturated heterocycles. The number of benzene rings is 2. The van der Waals surface area contributed by atoms with Gasteiger partial charge in [0, 0.05) is 14.6 Å². The minimum atomic E-state index is -0.472. The SMILES string of the molecule is Cc1cc(Br)cc(C)c1NC(=O)C(C)Br.[C-]#[N+]C1=C(N)N(c2c(C)cc(Br)cc2C)C(=O)C1C. The Morgan fingerprint density at radius 2 is 1.50 bits per heavy atom. The average molecular weight is 655 g/mol. The first-order valence-corrected chi connectivity index (χ1v) is 13.0. The number of alkyl halides is 1. The number of nitrogens with two attached hydrogens (primary N) is 1. The van der Waals surface area contributed by atoms with Gasteiger partial charge in [-0.3, -0.25) is 14.5 Å². The van der Waals surface area contributed by atoms with Gasteiger partial charge in [0.25, 0.3) is 0 Å². The van der Waals surface area contributed by atoms with E-state index in [4.69, 9.17) is 12.3 Å². The summed E-state index contributed by atoms with van der Waals surface area (Å²) in [5.74, 6) is -0.387. The fourth-order valence-electron chi connectivity index (χ4n) is 3.74. The molecule has 0 aliphatic carbocycles. The summed E-state index contributed by atoms with van der Waals surface area (Å²) < 4.78 is 1.99. The van der Waals surface area contributed by atoms with Crippen LogP contribution in [-0.2, 0) is 9.59 Å². The van der Waals surface area contributed by atoms with Crippen molar-refractivity contribution in [3.05, 3.63) is 78.4 Å². The zero-order chi connectivity index (χ0) is 25.9. The van der Waals surface area contributed by atoms with Crippen LogP contribution >= 0.6 is 47.8 Å². The molecule has 0 spiro atoms. The number of anilines is 2. The summed E-state index contributed by atoms with van der Waals surface area (Å²) in [6.07, 6.45) is 0. The van der Waals surface area contributed by atoms with Crippen LogP contribution in [0, 0.1) is 40.2 Å². The number of amides is 2. The smallest absolute Gasteiger partial charge is 0.237 e. The Bertz CT molecular complexity index is 1170. The summed E-state index contributed by atoms with van der Waals surface area (Å²) in [6.45, 7) is 18.5. The molecule has 0 radical (unpaired) electrons. The van der Waals surface area contributed by atoms with Gasteiger partial charge in [0.2, 0.25) is 17.5 Å². The van der Waals surface area contributed by atoms with E-state index in [0.717, 1.165) is 42.6 Å². The van der Waals surface area contributed by atoms with Gasteiger partial charge >= 0.3 is 0 Å². The lowest BCUT2D eigenvalue weighted by molar-refractivity contribution is -0.119. The minimum absolute atomic E-state index is 0.0245. The molecule has 2 atom stereocenters.